The van der Waals surface area contributed by atoms with Crippen molar-refractivity contribution in [3.8, 4) is 6.01 Å². The third kappa shape index (κ3) is 3.46. The molecule has 1 saturated heterocycles. The summed E-state index contributed by atoms with van der Waals surface area (Å²) in [5.41, 5.74) is 5.68. The van der Waals surface area contributed by atoms with Crippen molar-refractivity contribution in [2.24, 2.45) is 0 Å². The van der Waals surface area contributed by atoms with E-state index in [4.69, 9.17) is 10.5 Å². The van der Waals surface area contributed by atoms with Gasteiger partial charge in [-0.3, -0.25) is 4.79 Å². The van der Waals surface area contributed by atoms with Crippen LogP contribution in [0.5, 0.6) is 6.01 Å². The Hall–Kier alpha value is -2.12. The van der Waals surface area contributed by atoms with Gasteiger partial charge in [0.05, 0.1) is 6.61 Å². The number of amides is 1. The molecule has 110 valence electrons. The van der Waals surface area contributed by atoms with Crippen LogP contribution in [0.4, 0.5) is 11.9 Å². The Morgan fingerprint density at radius 1 is 1.25 bits per heavy atom. The highest BCUT2D eigenvalue weighted by molar-refractivity contribution is 5.73. The quantitative estimate of drug-likeness (QED) is 0.826. The monoisotopic (exact) mass is 280 g/mol. The predicted octanol–water partition coefficient (Wildman–Crippen LogP) is -0.0889. The topological polar surface area (TPSA) is 97.5 Å². The lowest BCUT2D eigenvalue weighted by molar-refractivity contribution is -0.128. The molecule has 0 saturated carbocycles. The highest BCUT2D eigenvalue weighted by Gasteiger charge is 2.19. The maximum absolute atomic E-state index is 11.4. The summed E-state index contributed by atoms with van der Waals surface area (Å²) in [6, 6.07) is 0.239. The SMILES string of the molecule is CCOc1nc(N)nc(N2CCCN(C(C)=O)CC2)n1. The summed E-state index contributed by atoms with van der Waals surface area (Å²) in [4.78, 5) is 27.6. The van der Waals surface area contributed by atoms with Gasteiger partial charge in [0, 0.05) is 33.1 Å². The first kappa shape index (κ1) is 14.3. The van der Waals surface area contributed by atoms with Gasteiger partial charge in [-0.2, -0.15) is 15.0 Å². The Morgan fingerprint density at radius 3 is 2.75 bits per heavy atom. The Morgan fingerprint density at radius 2 is 2.05 bits per heavy atom. The minimum atomic E-state index is 0.0945. The van der Waals surface area contributed by atoms with Crippen LogP contribution in [0.25, 0.3) is 0 Å². The molecule has 0 radical (unpaired) electrons. The maximum Gasteiger partial charge on any atom is 0.323 e. The fourth-order valence-electron chi connectivity index (χ4n) is 2.13. The van der Waals surface area contributed by atoms with Gasteiger partial charge in [-0.25, -0.2) is 0 Å². The third-order valence-electron chi connectivity index (χ3n) is 3.12. The number of nitrogens with two attached hydrogens (primary N) is 1. The Bertz CT molecular complexity index is 481. The summed E-state index contributed by atoms with van der Waals surface area (Å²) >= 11 is 0. The van der Waals surface area contributed by atoms with Gasteiger partial charge in [-0.05, 0) is 13.3 Å². The molecule has 1 aliphatic rings. The second-order valence-electron chi connectivity index (χ2n) is 4.56. The number of rotatable bonds is 3. The summed E-state index contributed by atoms with van der Waals surface area (Å²) in [6.07, 6.45) is 0.870. The van der Waals surface area contributed by atoms with Gasteiger partial charge in [0.2, 0.25) is 17.8 Å². The molecule has 1 amide bonds. The zero-order chi connectivity index (χ0) is 14.5. The highest BCUT2D eigenvalue weighted by atomic mass is 16.5. The highest BCUT2D eigenvalue weighted by Crippen LogP contribution is 2.15. The Kier molecular flexibility index (Phi) is 4.54. The van der Waals surface area contributed by atoms with E-state index in [2.05, 4.69) is 15.0 Å². The molecule has 0 bridgehead atoms. The van der Waals surface area contributed by atoms with Gasteiger partial charge in [0.1, 0.15) is 0 Å². The summed E-state index contributed by atoms with van der Waals surface area (Å²) in [5, 5.41) is 0. The number of ether oxygens (including phenoxy) is 1. The lowest BCUT2D eigenvalue weighted by Gasteiger charge is -2.21. The average Bonchev–Trinajstić information content (AvgIpc) is 2.64. The smallest absolute Gasteiger partial charge is 0.323 e. The number of aromatic nitrogens is 3. The standard InChI is InChI=1S/C12H20N6O2/c1-3-20-12-15-10(13)14-11(16-12)18-6-4-5-17(7-8-18)9(2)19/h3-8H2,1-2H3,(H2,13,14,15,16). The molecule has 2 N–H and O–H groups in total. The molecule has 0 atom stereocenters. The molecule has 2 rings (SSSR count). The molecule has 1 fully saturated rings. The minimum Gasteiger partial charge on any atom is -0.464 e. The van der Waals surface area contributed by atoms with E-state index in [-0.39, 0.29) is 17.9 Å². The lowest BCUT2D eigenvalue weighted by Crippen LogP contribution is -2.34. The number of carbonyl (C=O) groups is 1. The third-order valence-corrected chi connectivity index (χ3v) is 3.12. The Labute approximate surface area is 118 Å². The van der Waals surface area contributed by atoms with E-state index >= 15 is 0 Å². The molecule has 1 aliphatic heterocycles. The predicted molar refractivity (Wildman–Crippen MR) is 74.5 cm³/mol. The van der Waals surface area contributed by atoms with Crippen LogP contribution in [0, 0.1) is 0 Å². The van der Waals surface area contributed by atoms with Gasteiger partial charge in [-0.15, -0.1) is 0 Å². The number of anilines is 2. The van der Waals surface area contributed by atoms with E-state index in [1.807, 2.05) is 16.7 Å². The fourth-order valence-corrected chi connectivity index (χ4v) is 2.13. The van der Waals surface area contributed by atoms with E-state index in [0.29, 0.717) is 25.6 Å². The average molecular weight is 280 g/mol. The molecule has 0 aliphatic carbocycles. The molecule has 2 heterocycles. The zero-order valence-corrected chi connectivity index (χ0v) is 11.9. The van der Waals surface area contributed by atoms with Crippen LogP contribution >= 0.6 is 0 Å². The molecule has 0 aromatic carbocycles. The summed E-state index contributed by atoms with van der Waals surface area (Å²) in [5.74, 6) is 0.745. The van der Waals surface area contributed by atoms with Gasteiger partial charge < -0.3 is 20.3 Å². The lowest BCUT2D eigenvalue weighted by atomic mass is 10.4. The van der Waals surface area contributed by atoms with Crippen molar-refractivity contribution < 1.29 is 9.53 Å². The molecule has 1 aromatic heterocycles. The van der Waals surface area contributed by atoms with Crippen LogP contribution in [0.15, 0.2) is 0 Å². The first-order valence-electron chi connectivity index (χ1n) is 6.75. The first-order valence-corrected chi connectivity index (χ1v) is 6.75. The fraction of sp³-hybridized carbons (Fsp3) is 0.667. The van der Waals surface area contributed by atoms with Gasteiger partial charge in [0.25, 0.3) is 0 Å². The molecule has 8 nitrogen and oxygen atoms in total. The van der Waals surface area contributed by atoms with E-state index in [1.54, 1.807) is 6.92 Å². The largest absolute Gasteiger partial charge is 0.464 e. The molecule has 20 heavy (non-hydrogen) atoms. The van der Waals surface area contributed by atoms with Crippen molar-refractivity contribution in [3.05, 3.63) is 0 Å². The van der Waals surface area contributed by atoms with Gasteiger partial charge in [-0.1, -0.05) is 0 Å². The minimum absolute atomic E-state index is 0.0945. The molecular weight excluding hydrogens is 260 g/mol. The van der Waals surface area contributed by atoms with E-state index in [9.17, 15) is 4.79 Å². The van der Waals surface area contributed by atoms with Crippen LogP contribution < -0.4 is 15.4 Å². The number of hydrogen-bond acceptors (Lipinski definition) is 7. The Balaban J connectivity index is 2.12. The molecule has 1 aromatic rings. The van der Waals surface area contributed by atoms with Gasteiger partial charge >= 0.3 is 6.01 Å². The van der Waals surface area contributed by atoms with Crippen molar-refractivity contribution in [2.45, 2.75) is 20.3 Å². The molecular formula is C12H20N6O2. The normalized spacial score (nSPS) is 15.9. The van der Waals surface area contributed by atoms with E-state index in [0.717, 1.165) is 19.5 Å². The van der Waals surface area contributed by atoms with Crippen LogP contribution in [0.1, 0.15) is 20.3 Å². The van der Waals surface area contributed by atoms with Crippen molar-refractivity contribution in [2.75, 3.05) is 43.4 Å². The zero-order valence-electron chi connectivity index (χ0n) is 11.9. The van der Waals surface area contributed by atoms with Crippen LogP contribution in [0.3, 0.4) is 0 Å². The van der Waals surface area contributed by atoms with Crippen molar-refractivity contribution in [1.29, 1.82) is 0 Å². The van der Waals surface area contributed by atoms with Crippen molar-refractivity contribution in [1.82, 2.24) is 19.9 Å². The van der Waals surface area contributed by atoms with Crippen molar-refractivity contribution >= 4 is 17.8 Å². The van der Waals surface area contributed by atoms with Crippen LogP contribution in [-0.2, 0) is 4.79 Å². The number of carbonyl (C=O) groups excluding carboxylic acids is 1. The summed E-state index contributed by atoms with van der Waals surface area (Å²) in [6.45, 7) is 6.78. The molecule has 0 unspecified atom stereocenters. The number of nitrogen functional groups attached to an aromatic ring is 1. The second kappa shape index (κ2) is 6.36. The van der Waals surface area contributed by atoms with Crippen LogP contribution in [-0.4, -0.2) is 58.5 Å². The molecule has 8 heteroatoms. The van der Waals surface area contributed by atoms with Crippen molar-refractivity contribution in [3.63, 3.8) is 0 Å². The molecule has 0 spiro atoms. The maximum atomic E-state index is 11.4. The number of nitrogens with zero attached hydrogens (tertiary/aromatic N) is 5. The second-order valence-corrected chi connectivity index (χ2v) is 4.56. The van der Waals surface area contributed by atoms with E-state index in [1.165, 1.54) is 0 Å². The number of hydrogen-bond donors (Lipinski definition) is 1. The summed E-state index contributed by atoms with van der Waals surface area (Å²) < 4.78 is 5.28. The van der Waals surface area contributed by atoms with E-state index < -0.39 is 0 Å². The van der Waals surface area contributed by atoms with Gasteiger partial charge in [0.15, 0.2) is 0 Å². The van der Waals surface area contributed by atoms with Crippen LogP contribution in [0.2, 0.25) is 0 Å². The first-order chi connectivity index (χ1) is 9.60. The summed E-state index contributed by atoms with van der Waals surface area (Å²) in [7, 11) is 0.